The van der Waals surface area contributed by atoms with E-state index in [2.05, 4.69) is 39.2 Å². The molecule has 4 aromatic rings. The van der Waals surface area contributed by atoms with E-state index in [-0.39, 0.29) is 0 Å². The largest absolute Gasteiger partial charge is 0.497 e. The predicted octanol–water partition coefficient (Wildman–Crippen LogP) is 4.71. The molecule has 0 radical (unpaired) electrons. The maximum absolute atomic E-state index is 5.28. The van der Waals surface area contributed by atoms with Gasteiger partial charge in [-0.3, -0.25) is 14.5 Å². The molecule has 0 unspecified atom stereocenters. The van der Waals surface area contributed by atoms with Gasteiger partial charge in [0.15, 0.2) is 4.80 Å². The Hall–Kier alpha value is -3.18. The van der Waals surface area contributed by atoms with Crippen LogP contribution in [0.2, 0.25) is 0 Å². The minimum Gasteiger partial charge on any atom is -0.497 e. The Morgan fingerprint density at radius 2 is 1.81 bits per heavy atom. The van der Waals surface area contributed by atoms with Crippen molar-refractivity contribution in [1.29, 1.82) is 0 Å². The molecular weight excluding hydrogens is 354 g/mol. The topological polar surface area (TPSA) is 39.4 Å². The van der Waals surface area contributed by atoms with Crippen LogP contribution in [0.1, 0.15) is 5.56 Å². The minimum atomic E-state index is 0.600. The van der Waals surface area contributed by atoms with Gasteiger partial charge in [-0.15, -0.1) is 11.3 Å². The van der Waals surface area contributed by atoms with E-state index in [0.717, 1.165) is 33.1 Å². The molecular formula is C22H19N3OS. The quantitative estimate of drug-likeness (QED) is 0.508. The molecule has 0 aliphatic heterocycles. The Balaban J connectivity index is 1.81. The predicted molar refractivity (Wildman–Crippen MR) is 109 cm³/mol. The van der Waals surface area contributed by atoms with E-state index in [1.165, 1.54) is 0 Å². The van der Waals surface area contributed by atoms with Crippen molar-refractivity contribution in [1.82, 2.24) is 9.55 Å². The Kier molecular flexibility index (Phi) is 5.12. The fraction of sp³-hybridized carbons (Fsp3) is 0.0909. The van der Waals surface area contributed by atoms with E-state index >= 15 is 0 Å². The fourth-order valence-electron chi connectivity index (χ4n) is 2.86. The van der Waals surface area contributed by atoms with Crippen LogP contribution in [-0.2, 0) is 6.54 Å². The van der Waals surface area contributed by atoms with E-state index in [1.54, 1.807) is 24.6 Å². The zero-order valence-corrected chi connectivity index (χ0v) is 15.8. The number of ether oxygens (including phenoxy) is 1. The summed E-state index contributed by atoms with van der Waals surface area (Å²) >= 11 is 1.64. The molecule has 0 spiro atoms. The number of para-hydroxylation sites is 1. The SMILES string of the molecule is COc1ccc(-c2csc(=NCc3cccnc3)n2-c2ccccc2)cc1. The summed E-state index contributed by atoms with van der Waals surface area (Å²) in [7, 11) is 1.68. The van der Waals surface area contributed by atoms with Crippen molar-refractivity contribution >= 4 is 11.3 Å². The van der Waals surface area contributed by atoms with Crippen LogP contribution >= 0.6 is 11.3 Å². The van der Waals surface area contributed by atoms with E-state index in [9.17, 15) is 0 Å². The van der Waals surface area contributed by atoms with Gasteiger partial charge in [0.2, 0.25) is 0 Å². The van der Waals surface area contributed by atoms with Gasteiger partial charge in [-0.2, -0.15) is 0 Å². The third kappa shape index (κ3) is 3.83. The maximum Gasteiger partial charge on any atom is 0.190 e. The molecule has 0 atom stereocenters. The summed E-state index contributed by atoms with van der Waals surface area (Å²) in [6.45, 7) is 0.600. The van der Waals surface area contributed by atoms with E-state index in [4.69, 9.17) is 9.73 Å². The summed E-state index contributed by atoms with van der Waals surface area (Å²) in [6, 6.07) is 22.4. The molecule has 0 aliphatic rings. The summed E-state index contributed by atoms with van der Waals surface area (Å²) in [5.74, 6) is 0.849. The number of aromatic nitrogens is 2. The summed E-state index contributed by atoms with van der Waals surface area (Å²) in [5.41, 5.74) is 4.42. The van der Waals surface area contributed by atoms with Crippen LogP contribution < -0.4 is 9.54 Å². The Bertz CT molecular complexity index is 1070. The Morgan fingerprint density at radius 3 is 2.52 bits per heavy atom. The van der Waals surface area contributed by atoms with Crippen molar-refractivity contribution in [3.05, 3.63) is 94.9 Å². The first-order chi connectivity index (χ1) is 13.3. The van der Waals surface area contributed by atoms with Gasteiger partial charge in [0.25, 0.3) is 0 Å². The van der Waals surface area contributed by atoms with Crippen LogP contribution in [0.25, 0.3) is 16.9 Å². The number of hydrogen-bond acceptors (Lipinski definition) is 4. The average Bonchev–Trinajstić information content (AvgIpc) is 3.17. The summed E-state index contributed by atoms with van der Waals surface area (Å²) in [4.78, 5) is 9.98. The van der Waals surface area contributed by atoms with E-state index < -0.39 is 0 Å². The second-order valence-corrected chi connectivity index (χ2v) is 6.82. The molecule has 2 heterocycles. The van der Waals surface area contributed by atoms with Crippen molar-refractivity contribution in [2.45, 2.75) is 6.54 Å². The van der Waals surface area contributed by atoms with Gasteiger partial charge in [-0.25, -0.2) is 0 Å². The lowest BCUT2D eigenvalue weighted by atomic mass is 10.1. The highest BCUT2D eigenvalue weighted by Crippen LogP contribution is 2.25. The van der Waals surface area contributed by atoms with Gasteiger partial charge in [-0.05, 0) is 53.6 Å². The van der Waals surface area contributed by atoms with Gasteiger partial charge in [-0.1, -0.05) is 24.3 Å². The number of pyridine rings is 1. The van der Waals surface area contributed by atoms with Gasteiger partial charge in [0.1, 0.15) is 5.75 Å². The number of rotatable bonds is 5. The van der Waals surface area contributed by atoms with E-state index in [1.807, 2.05) is 48.7 Å². The first kappa shape index (κ1) is 17.2. The number of hydrogen-bond donors (Lipinski definition) is 0. The van der Waals surface area contributed by atoms with Gasteiger partial charge in [0.05, 0.1) is 19.3 Å². The highest BCUT2D eigenvalue weighted by atomic mass is 32.1. The zero-order chi connectivity index (χ0) is 18.5. The highest BCUT2D eigenvalue weighted by Gasteiger charge is 2.10. The van der Waals surface area contributed by atoms with Gasteiger partial charge >= 0.3 is 0 Å². The number of methoxy groups -OCH3 is 1. The average molecular weight is 373 g/mol. The molecule has 4 rings (SSSR count). The molecule has 0 bridgehead atoms. The first-order valence-electron chi connectivity index (χ1n) is 8.65. The van der Waals surface area contributed by atoms with Crippen LogP contribution in [0, 0.1) is 0 Å². The van der Waals surface area contributed by atoms with E-state index in [0.29, 0.717) is 6.54 Å². The smallest absolute Gasteiger partial charge is 0.190 e. The molecule has 2 aromatic heterocycles. The summed E-state index contributed by atoms with van der Waals surface area (Å²) < 4.78 is 7.48. The van der Waals surface area contributed by atoms with Gasteiger partial charge < -0.3 is 4.74 Å². The number of benzene rings is 2. The molecule has 0 saturated carbocycles. The van der Waals surface area contributed by atoms with Crippen molar-refractivity contribution in [3.8, 4) is 22.7 Å². The molecule has 0 N–H and O–H groups in total. The molecule has 134 valence electrons. The lowest BCUT2D eigenvalue weighted by Gasteiger charge is -2.10. The fourth-order valence-corrected chi connectivity index (χ4v) is 3.77. The van der Waals surface area contributed by atoms with Crippen molar-refractivity contribution in [2.75, 3.05) is 7.11 Å². The molecule has 0 fully saturated rings. The van der Waals surface area contributed by atoms with Crippen LogP contribution in [0.3, 0.4) is 0 Å². The normalized spacial score (nSPS) is 11.5. The second-order valence-electron chi connectivity index (χ2n) is 5.98. The lowest BCUT2D eigenvalue weighted by molar-refractivity contribution is 0.415. The van der Waals surface area contributed by atoms with Crippen LogP contribution in [0.15, 0.2) is 89.5 Å². The number of nitrogens with zero attached hydrogens (tertiary/aromatic N) is 3. The van der Waals surface area contributed by atoms with Crippen LogP contribution in [-0.4, -0.2) is 16.7 Å². The second kappa shape index (κ2) is 8.01. The molecule has 4 nitrogen and oxygen atoms in total. The lowest BCUT2D eigenvalue weighted by Crippen LogP contribution is -2.14. The van der Waals surface area contributed by atoms with Crippen molar-refractivity contribution in [3.63, 3.8) is 0 Å². The monoisotopic (exact) mass is 373 g/mol. The molecule has 0 aliphatic carbocycles. The summed E-state index contributed by atoms with van der Waals surface area (Å²) in [6.07, 6.45) is 3.63. The summed E-state index contributed by atoms with van der Waals surface area (Å²) in [5, 5.41) is 2.15. The molecule has 0 saturated heterocycles. The Morgan fingerprint density at radius 1 is 1.00 bits per heavy atom. The Labute approximate surface area is 162 Å². The van der Waals surface area contributed by atoms with Crippen LogP contribution in [0.5, 0.6) is 5.75 Å². The van der Waals surface area contributed by atoms with Crippen LogP contribution in [0.4, 0.5) is 0 Å². The zero-order valence-electron chi connectivity index (χ0n) is 14.9. The standard InChI is InChI=1S/C22H19N3OS/c1-26-20-11-9-18(10-12-20)21-16-27-22(24-15-17-6-5-13-23-14-17)25(21)19-7-3-2-4-8-19/h2-14,16H,15H2,1H3. The minimum absolute atomic E-state index is 0.600. The highest BCUT2D eigenvalue weighted by molar-refractivity contribution is 7.07. The maximum atomic E-state index is 5.28. The molecule has 0 amide bonds. The van der Waals surface area contributed by atoms with Crippen molar-refractivity contribution in [2.24, 2.45) is 4.99 Å². The number of thiazole rings is 1. The first-order valence-corrected chi connectivity index (χ1v) is 9.53. The van der Waals surface area contributed by atoms with Gasteiger partial charge in [0, 0.05) is 23.5 Å². The molecule has 27 heavy (non-hydrogen) atoms. The molecule has 5 heteroatoms. The van der Waals surface area contributed by atoms with Crippen molar-refractivity contribution < 1.29 is 4.74 Å². The third-order valence-corrected chi connectivity index (χ3v) is 5.09. The third-order valence-electron chi connectivity index (χ3n) is 4.23. The molecule has 2 aromatic carbocycles.